The topological polar surface area (TPSA) is 87.4 Å². The van der Waals surface area contributed by atoms with Crippen molar-refractivity contribution in [3.63, 3.8) is 0 Å². The third kappa shape index (κ3) is 3.80. The molecule has 20 heavy (non-hydrogen) atoms. The predicted octanol–water partition coefficient (Wildman–Crippen LogP) is 1.15. The van der Waals surface area contributed by atoms with Crippen LogP contribution in [0.15, 0.2) is 6.07 Å². The van der Waals surface area contributed by atoms with Gasteiger partial charge in [0.05, 0.1) is 11.8 Å². The van der Waals surface area contributed by atoms with Gasteiger partial charge in [-0.15, -0.1) is 0 Å². The van der Waals surface area contributed by atoms with Gasteiger partial charge in [0, 0.05) is 20.1 Å². The van der Waals surface area contributed by atoms with Gasteiger partial charge < -0.3 is 15.5 Å². The van der Waals surface area contributed by atoms with Crippen molar-refractivity contribution in [2.24, 2.45) is 13.0 Å². The van der Waals surface area contributed by atoms with Gasteiger partial charge in [0.1, 0.15) is 0 Å². The molecule has 1 aromatic rings. The fourth-order valence-electron chi connectivity index (χ4n) is 2.81. The minimum atomic E-state index is -1.02. The third-order valence-corrected chi connectivity index (χ3v) is 4.05. The van der Waals surface area contributed by atoms with Crippen LogP contribution in [-0.4, -0.2) is 38.6 Å². The number of aryl methyl sites for hydroxylation is 1. The highest BCUT2D eigenvalue weighted by molar-refractivity contribution is 5.85. The van der Waals surface area contributed by atoms with Crippen molar-refractivity contribution < 1.29 is 15.0 Å². The van der Waals surface area contributed by atoms with Gasteiger partial charge in [0.2, 0.25) is 0 Å². The lowest BCUT2D eigenvalue weighted by atomic mass is 9.85. The van der Waals surface area contributed by atoms with Crippen molar-refractivity contribution in [3.05, 3.63) is 17.5 Å². The first kappa shape index (κ1) is 15.0. The standard InChI is InChI=1S/C14H23N3O3/c1-17-11(7-12(16-17)14(19)20)8-15-9-13(18)10-5-3-2-4-6-10/h7,10,13,15,18H,2-6,8-9H2,1H3,(H,19,20). The lowest BCUT2D eigenvalue weighted by Crippen LogP contribution is -2.34. The van der Waals surface area contributed by atoms with Gasteiger partial charge in [0.25, 0.3) is 0 Å². The number of rotatable bonds is 6. The molecular weight excluding hydrogens is 258 g/mol. The quantitative estimate of drug-likeness (QED) is 0.728. The Balaban J connectivity index is 1.78. The average molecular weight is 281 g/mol. The number of aromatic nitrogens is 2. The second-order valence-corrected chi connectivity index (χ2v) is 5.55. The SMILES string of the molecule is Cn1nc(C(=O)O)cc1CNCC(O)C1CCCCC1. The van der Waals surface area contributed by atoms with E-state index >= 15 is 0 Å². The summed E-state index contributed by atoms with van der Waals surface area (Å²) < 4.78 is 1.56. The Labute approximate surface area is 118 Å². The van der Waals surface area contributed by atoms with Crippen molar-refractivity contribution in [1.82, 2.24) is 15.1 Å². The van der Waals surface area contributed by atoms with Gasteiger partial charge in [-0.25, -0.2) is 4.79 Å². The first-order valence-electron chi connectivity index (χ1n) is 7.23. The minimum Gasteiger partial charge on any atom is -0.476 e. The maximum atomic E-state index is 10.8. The van der Waals surface area contributed by atoms with Crippen molar-refractivity contribution >= 4 is 5.97 Å². The summed E-state index contributed by atoms with van der Waals surface area (Å²) in [5.74, 6) is -0.619. The van der Waals surface area contributed by atoms with Crippen molar-refractivity contribution in [3.8, 4) is 0 Å². The summed E-state index contributed by atoms with van der Waals surface area (Å²) in [6.07, 6.45) is 5.61. The van der Waals surface area contributed by atoms with Crippen LogP contribution in [0.5, 0.6) is 0 Å². The Morgan fingerprint density at radius 3 is 2.80 bits per heavy atom. The minimum absolute atomic E-state index is 0.0529. The van der Waals surface area contributed by atoms with E-state index in [1.54, 1.807) is 17.8 Å². The predicted molar refractivity (Wildman–Crippen MR) is 74.5 cm³/mol. The molecule has 1 saturated carbocycles. The fourth-order valence-corrected chi connectivity index (χ4v) is 2.81. The zero-order valence-corrected chi connectivity index (χ0v) is 11.9. The summed E-state index contributed by atoms with van der Waals surface area (Å²) in [6, 6.07) is 1.56. The summed E-state index contributed by atoms with van der Waals surface area (Å²) >= 11 is 0. The highest BCUT2D eigenvalue weighted by Crippen LogP contribution is 2.26. The summed E-state index contributed by atoms with van der Waals surface area (Å²) in [6.45, 7) is 1.05. The third-order valence-electron chi connectivity index (χ3n) is 4.05. The molecule has 1 atom stereocenters. The van der Waals surface area contributed by atoms with E-state index in [9.17, 15) is 9.90 Å². The van der Waals surface area contributed by atoms with Crippen molar-refractivity contribution in [1.29, 1.82) is 0 Å². The Hall–Kier alpha value is -1.40. The molecule has 1 heterocycles. The molecule has 6 heteroatoms. The number of carboxylic acid groups (broad SMARTS) is 1. The number of aliphatic hydroxyl groups is 1. The lowest BCUT2D eigenvalue weighted by molar-refractivity contribution is 0.0689. The highest BCUT2D eigenvalue weighted by atomic mass is 16.4. The van der Waals surface area contributed by atoms with Gasteiger partial charge in [-0.1, -0.05) is 19.3 Å². The Morgan fingerprint density at radius 1 is 1.50 bits per heavy atom. The maximum Gasteiger partial charge on any atom is 0.356 e. The average Bonchev–Trinajstić information content (AvgIpc) is 2.81. The van der Waals surface area contributed by atoms with E-state index in [0.29, 0.717) is 19.0 Å². The van der Waals surface area contributed by atoms with Crippen LogP contribution in [0.2, 0.25) is 0 Å². The number of hydrogen-bond donors (Lipinski definition) is 3. The largest absolute Gasteiger partial charge is 0.476 e. The molecule has 0 aliphatic heterocycles. The van der Waals surface area contributed by atoms with Gasteiger partial charge >= 0.3 is 5.97 Å². The summed E-state index contributed by atoms with van der Waals surface area (Å²) in [5, 5.41) is 26.1. The van der Waals surface area contributed by atoms with E-state index in [0.717, 1.165) is 18.5 Å². The summed E-state index contributed by atoms with van der Waals surface area (Å²) in [5.41, 5.74) is 0.857. The van der Waals surface area contributed by atoms with Crippen LogP contribution in [0.4, 0.5) is 0 Å². The molecule has 0 bridgehead atoms. The van der Waals surface area contributed by atoms with Crippen LogP contribution in [-0.2, 0) is 13.6 Å². The molecule has 1 unspecified atom stereocenters. The van der Waals surface area contributed by atoms with Gasteiger partial charge in [-0.05, 0) is 24.8 Å². The Kier molecular flexibility index (Phi) is 5.14. The first-order valence-corrected chi connectivity index (χ1v) is 7.23. The Bertz CT molecular complexity index is 453. The molecule has 6 nitrogen and oxygen atoms in total. The number of aliphatic hydroxyl groups excluding tert-OH is 1. The van der Waals surface area contributed by atoms with Crippen LogP contribution in [0, 0.1) is 5.92 Å². The molecule has 1 fully saturated rings. The molecule has 1 aromatic heterocycles. The van der Waals surface area contributed by atoms with Crippen LogP contribution in [0.25, 0.3) is 0 Å². The van der Waals surface area contributed by atoms with E-state index < -0.39 is 5.97 Å². The zero-order valence-electron chi connectivity index (χ0n) is 11.9. The molecule has 2 rings (SSSR count). The number of carboxylic acids is 1. The smallest absolute Gasteiger partial charge is 0.356 e. The van der Waals surface area contributed by atoms with Crippen molar-refractivity contribution in [2.45, 2.75) is 44.8 Å². The molecule has 0 aromatic carbocycles. The molecule has 0 saturated heterocycles. The molecule has 0 amide bonds. The van der Waals surface area contributed by atoms with E-state index in [-0.39, 0.29) is 11.8 Å². The van der Waals surface area contributed by atoms with Crippen LogP contribution < -0.4 is 5.32 Å². The number of aromatic carboxylic acids is 1. The molecule has 1 aliphatic rings. The maximum absolute atomic E-state index is 10.8. The van der Waals surface area contributed by atoms with Crippen LogP contribution in [0.1, 0.15) is 48.3 Å². The molecule has 0 spiro atoms. The van der Waals surface area contributed by atoms with E-state index in [4.69, 9.17) is 5.11 Å². The van der Waals surface area contributed by atoms with Gasteiger partial charge in [-0.2, -0.15) is 5.10 Å². The highest BCUT2D eigenvalue weighted by Gasteiger charge is 2.21. The number of nitrogens with zero attached hydrogens (tertiary/aromatic N) is 2. The number of carbonyl (C=O) groups is 1. The summed E-state index contributed by atoms with van der Waals surface area (Å²) in [7, 11) is 1.72. The van der Waals surface area contributed by atoms with Crippen molar-refractivity contribution in [2.75, 3.05) is 6.54 Å². The van der Waals surface area contributed by atoms with E-state index in [2.05, 4.69) is 10.4 Å². The molecule has 112 valence electrons. The van der Waals surface area contributed by atoms with Crippen LogP contribution in [0.3, 0.4) is 0 Å². The number of hydrogen-bond acceptors (Lipinski definition) is 4. The lowest BCUT2D eigenvalue weighted by Gasteiger charge is -2.26. The number of nitrogens with one attached hydrogen (secondary N) is 1. The fraction of sp³-hybridized carbons (Fsp3) is 0.714. The normalized spacial score (nSPS) is 18.1. The Morgan fingerprint density at radius 2 is 2.20 bits per heavy atom. The molecular formula is C14H23N3O3. The van der Waals surface area contributed by atoms with Crippen LogP contribution >= 0.6 is 0 Å². The second kappa shape index (κ2) is 6.85. The molecule has 1 aliphatic carbocycles. The first-order chi connectivity index (χ1) is 9.58. The molecule has 3 N–H and O–H groups in total. The monoisotopic (exact) mass is 281 g/mol. The van der Waals surface area contributed by atoms with E-state index in [1.165, 1.54) is 19.3 Å². The zero-order chi connectivity index (χ0) is 14.5. The van der Waals surface area contributed by atoms with Gasteiger partial charge in [0.15, 0.2) is 5.69 Å². The van der Waals surface area contributed by atoms with Gasteiger partial charge in [-0.3, -0.25) is 4.68 Å². The van der Waals surface area contributed by atoms with E-state index in [1.807, 2.05) is 0 Å². The summed E-state index contributed by atoms with van der Waals surface area (Å²) in [4.78, 5) is 10.8. The second-order valence-electron chi connectivity index (χ2n) is 5.55. The molecule has 0 radical (unpaired) electrons.